The van der Waals surface area contributed by atoms with Gasteiger partial charge in [0.25, 0.3) is 0 Å². The maximum atomic E-state index is 13.0. The summed E-state index contributed by atoms with van der Waals surface area (Å²) in [5, 5.41) is 18.9. The Bertz CT molecular complexity index is 668. The molecule has 1 aliphatic heterocycles. The molecule has 1 atom stereocenters. The summed E-state index contributed by atoms with van der Waals surface area (Å²) >= 11 is 0. The zero-order valence-corrected chi connectivity index (χ0v) is 15.7. The fraction of sp³-hybridized carbons (Fsp3) is 0.474. The van der Waals surface area contributed by atoms with Crippen molar-refractivity contribution in [2.75, 3.05) is 13.1 Å². The number of carbonyl (C=O) groups is 2. The lowest BCUT2D eigenvalue weighted by Gasteiger charge is -2.33. The van der Waals surface area contributed by atoms with E-state index < -0.39 is 23.7 Å². The van der Waals surface area contributed by atoms with E-state index in [0.717, 1.165) is 19.5 Å². The Morgan fingerprint density at radius 1 is 1.21 bits per heavy atom. The SMILES string of the molecule is CC(C)N(Cc1ccccc1C(F)(F)F)[C@H]1CCNC1.O=C(O)/C=C/C(=O)O. The van der Waals surface area contributed by atoms with Gasteiger partial charge in [0.1, 0.15) is 0 Å². The highest BCUT2D eigenvalue weighted by atomic mass is 19.4. The number of nitrogens with one attached hydrogen (secondary N) is 1. The van der Waals surface area contributed by atoms with Gasteiger partial charge in [0.05, 0.1) is 5.56 Å². The predicted molar refractivity (Wildman–Crippen MR) is 97.8 cm³/mol. The smallest absolute Gasteiger partial charge is 0.416 e. The van der Waals surface area contributed by atoms with E-state index in [1.807, 2.05) is 13.8 Å². The van der Waals surface area contributed by atoms with Crippen molar-refractivity contribution in [1.82, 2.24) is 10.2 Å². The monoisotopic (exact) mass is 402 g/mol. The molecule has 0 aliphatic carbocycles. The van der Waals surface area contributed by atoms with E-state index in [1.54, 1.807) is 12.1 Å². The number of rotatable bonds is 6. The van der Waals surface area contributed by atoms with Gasteiger partial charge in [-0.1, -0.05) is 18.2 Å². The highest BCUT2D eigenvalue weighted by Crippen LogP contribution is 2.33. The number of carboxylic acids is 2. The summed E-state index contributed by atoms with van der Waals surface area (Å²) in [4.78, 5) is 21.3. The molecule has 1 aromatic carbocycles. The summed E-state index contributed by atoms with van der Waals surface area (Å²) in [5.74, 6) is -2.51. The first-order chi connectivity index (χ1) is 13.0. The summed E-state index contributed by atoms with van der Waals surface area (Å²) in [6.07, 6.45) is -2.18. The minimum Gasteiger partial charge on any atom is -0.478 e. The van der Waals surface area contributed by atoms with Gasteiger partial charge >= 0.3 is 18.1 Å². The van der Waals surface area contributed by atoms with E-state index in [-0.39, 0.29) is 6.04 Å². The van der Waals surface area contributed by atoms with Gasteiger partial charge in [0.2, 0.25) is 0 Å². The van der Waals surface area contributed by atoms with Crippen LogP contribution in [0.3, 0.4) is 0 Å². The number of nitrogens with zero attached hydrogens (tertiary/aromatic N) is 1. The lowest BCUT2D eigenvalue weighted by atomic mass is 10.0. The first kappa shape index (κ1) is 23.6. The molecule has 1 aromatic rings. The molecule has 3 N–H and O–H groups in total. The van der Waals surface area contributed by atoms with E-state index in [4.69, 9.17) is 10.2 Å². The number of benzene rings is 1. The molecule has 0 spiro atoms. The molecule has 0 bridgehead atoms. The van der Waals surface area contributed by atoms with E-state index in [9.17, 15) is 22.8 Å². The molecule has 1 saturated heterocycles. The lowest BCUT2D eigenvalue weighted by molar-refractivity contribution is -0.138. The number of halogens is 3. The Balaban J connectivity index is 0.000000416. The molecule has 0 radical (unpaired) electrons. The zero-order chi connectivity index (χ0) is 21.3. The fourth-order valence-corrected chi connectivity index (χ4v) is 2.93. The maximum Gasteiger partial charge on any atom is 0.416 e. The van der Waals surface area contributed by atoms with Crippen LogP contribution in [0.1, 0.15) is 31.4 Å². The van der Waals surface area contributed by atoms with Crippen molar-refractivity contribution in [1.29, 1.82) is 0 Å². The van der Waals surface area contributed by atoms with Crippen LogP contribution in [0, 0.1) is 0 Å². The number of aliphatic carboxylic acids is 2. The third kappa shape index (κ3) is 8.10. The molecule has 0 amide bonds. The van der Waals surface area contributed by atoms with Crippen LogP contribution in [-0.2, 0) is 22.3 Å². The molecular formula is C19H25F3N2O4. The standard InChI is InChI=1S/C15H21F3N2.C4H4O4/c1-11(2)20(13-7-8-19-9-13)10-12-5-3-4-6-14(12)15(16,17)18;5-3(6)1-2-4(7)8/h3-6,11,13,19H,7-10H2,1-2H3;1-2H,(H,5,6)(H,7,8)/b;2-1+/t13-;/m0./s1. The average molecular weight is 402 g/mol. The fourth-order valence-electron chi connectivity index (χ4n) is 2.93. The second-order valence-corrected chi connectivity index (χ2v) is 6.58. The third-order valence-corrected chi connectivity index (χ3v) is 4.21. The van der Waals surface area contributed by atoms with Gasteiger partial charge in [0.15, 0.2) is 0 Å². The molecule has 0 saturated carbocycles. The van der Waals surface area contributed by atoms with Crippen molar-refractivity contribution in [3.63, 3.8) is 0 Å². The number of alkyl halides is 3. The minimum atomic E-state index is -4.28. The Hall–Kier alpha value is -2.39. The van der Waals surface area contributed by atoms with E-state index in [1.165, 1.54) is 12.1 Å². The quantitative estimate of drug-likeness (QED) is 0.634. The second kappa shape index (κ2) is 10.8. The molecule has 6 nitrogen and oxygen atoms in total. The van der Waals surface area contributed by atoms with Crippen LogP contribution < -0.4 is 5.32 Å². The van der Waals surface area contributed by atoms with E-state index >= 15 is 0 Å². The Kier molecular flexibility index (Phi) is 9.14. The highest BCUT2D eigenvalue weighted by Gasteiger charge is 2.34. The molecule has 0 unspecified atom stereocenters. The summed E-state index contributed by atoms with van der Waals surface area (Å²) in [6, 6.07) is 6.41. The first-order valence-corrected chi connectivity index (χ1v) is 8.77. The average Bonchev–Trinajstić information content (AvgIpc) is 3.12. The summed E-state index contributed by atoms with van der Waals surface area (Å²) in [7, 11) is 0. The normalized spacial score (nSPS) is 17.0. The van der Waals surface area contributed by atoms with Gasteiger partial charge in [-0.15, -0.1) is 0 Å². The van der Waals surface area contributed by atoms with Crippen LogP contribution >= 0.6 is 0 Å². The van der Waals surface area contributed by atoms with Gasteiger partial charge in [0, 0.05) is 37.3 Å². The molecule has 28 heavy (non-hydrogen) atoms. The molecule has 1 heterocycles. The third-order valence-electron chi connectivity index (χ3n) is 4.21. The molecule has 1 aliphatic rings. The lowest BCUT2D eigenvalue weighted by Crippen LogP contribution is -2.41. The van der Waals surface area contributed by atoms with Gasteiger partial charge in [-0.3, -0.25) is 4.90 Å². The molecule has 2 rings (SSSR count). The summed E-state index contributed by atoms with van der Waals surface area (Å²) < 4.78 is 39.1. The van der Waals surface area contributed by atoms with Gasteiger partial charge in [-0.05, 0) is 38.4 Å². The van der Waals surface area contributed by atoms with Crippen molar-refractivity contribution >= 4 is 11.9 Å². The summed E-state index contributed by atoms with van der Waals surface area (Å²) in [6.45, 7) is 6.21. The first-order valence-electron chi connectivity index (χ1n) is 8.77. The molecule has 9 heteroatoms. The maximum absolute atomic E-state index is 13.0. The number of hydrogen-bond acceptors (Lipinski definition) is 4. The van der Waals surface area contributed by atoms with Gasteiger partial charge in [-0.25, -0.2) is 9.59 Å². The van der Waals surface area contributed by atoms with Crippen LogP contribution in [0.15, 0.2) is 36.4 Å². The Morgan fingerprint density at radius 2 is 1.79 bits per heavy atom. The van der Waals surface area contributed by atoms with E-state index in [0.29, 0.717) is 30.3 Å². The Labute approximate surface area is 161 Å². The van der Waals surface area contributed by atoms with Crippen molar-refractivity contribution in [2.45, 2.75) is 45.1 Å². The largest absolute Gasteiger partial charge is 0.478 e. The van der Waals surface area contributed by atoms with Crippen LogP contribution in [0.25, 0.3) is 0 Å². The van der Waals surface area contributed by atoms with E-state index in [2.05, 4.69) is 10.2 Å². The van der Waals surface area contributed by atoms with Gasteiger partial charge < -0.3 is 15.5 Å². The van der Waals surface area contributed by atoms with Crippen LogP contribution in [0.5, 0.6) is 0 Å². The van der Waals surface area contributed by atoms with Crippen molar-refractivity contribution in [3.8, 4) is 0 Å². The molecule has 156 valence electrons. The molecule has 0 aromatic heterocycles. The predicted octanol–water partition coefficient (Wildman–Crippen LogP) is 2.99. The van der Waals surface area contributed by atoms with Crippen molar-refractivity contribution < 1.29 is 33.0 Å². The topological polar surface area (TPSA) is 89.9 Å². The number of carboxylic acid groups (broad SMARTS) is 2. The van der Waals surface area contributed by atoms with Crippen LogP contribution in [0.4, 0.5) is 13.2 Å². The van der Waals surface area contributed by atoms with Crippen molar-refractivity contribution in [2.24, 2.45) is 0 Å². The highest BCUT2D eigenvalue weighted by molar-refractivity contribution is 5.89. The van der Waals surface area contributed by atoms with Crippen LogP contribution in [-0.4, -0.2) is 52.2 Å². The van der Waals surface area contributed by atoms with Gasteiger partial charge in [-0.2, -0.15) is 13.2 Å². The van der Waals surface area contributed by atoms with Crippen LogP contribution in [0.2, 0.25) is 0 Å². The molecule has 1 fully saturated rings. The summed E-state index contributed by atoms with van der Waals surface area (Å²) in [5.41, 5.74) is -0.155. The molecular weight excluding hydrogens is 377 g/mol. The van der Waals surface area contributed by atoms with Crippen molar-refractivity contribution in [3.05, 3.63) is 47.5 Å². The minimum absolute atomic E-state index is 0.223. The Morgan fingerprint density at radius 3 is 2.21 bits per heavy atom. The number of hydrogen-bond donors (Lipinski definition) is 3. The zero-order valence-electron chi connectivity index (χ0n) is 15.7. The second-order valence-electron chi connectivity index (χ2n) is 6.58.